The molecule has 0 saturated carbocycles. The predicted octanol–water partition coefficient (Wildman–Crippen LogP) is 2.80. The van der Waals surface area contributed by atoms with Crippen LogP contribution in [-0.4, -0.2) is 37.5 Å². The molecule has 19 heavy (non-hydrogen) atoms. The van der Waals surface area contributed by atoms with Crippen LogP contribution in [0.3, 0.4) is 0 Å². The molecule has 0 aliphatic heterocycles. The number of carbonyl (C=O) groups is 1. The lowest BCUT2D eigenvalue weighted by molar-refractivity contribution is 0.0934. The Morgan fingerprint density at radius 2 is 2.00 bits per heavy atom. The maximum Gasteiger partial charge on any atom is 0.251 e. The van der Waals surface area contributed by atoms with Gasteiger partial charge in [-0.1, -0.05) is 25.4 Å². The molecule has 1 aromatic carbocycles. The van der Waals surface area contributed by atoms with Gasteiger partial charge in [0, 0.05) is 23.2 Å². The van der Waals surface area contributed by atoms with Gasteiger partial charge in [0.2, 0.25) is 0 Å². The molecule has 0 fully saturated rings. The SMILES string of the molecule is CC(C)[C@@H](CNC(=O)c1cc(F)cc(Cl)c1)N(C)C. The van der Waals surface area contributed by atoms with Crippen molar-refractivity contribution >= 4 is 17.5 Å². The average Bonchev–Trinajstić information content (AvgIpc) is 2.26. The summed E-state index contributed by atoms with van der Waals surface area (Å²) in [6, 6.07) is 4.05. The largest absolute Gasteiger partial charge is 0.350 e. The van der Waals surface area contributed by atoms with Gasteiger partial charge in [-0.3, -0.25) is 4.79 Å². The normalized spacial score (nSPS) is 12.8. The number of amides is 1. The first kappa shape index (κ1) is 15.9. The number of nitrogens with one attached hydrogen (secondary N) is 1. The summed E-state index contributed by atoms with van der Waals surface area (Å²) in [5, 5.41) is 3.03. The summed E-state index contributed by atoms with van der Waals surface area (Å²) in [5.41, 5.74) is 0.242. The lowest BCUT2D eigenvalue weighted by Gasteiger charge is -2.28. The minimum absolute atomic E-state index is 0.221. The summed E-state index contributed by atoms with van der Waals surface area (Å²) < 4.78 is 13.2. The predicted molar refractivity (Wildman–Crippen MR) is 76.1 cm³/mol. The van der Waals surface area contributed by atoms with Crippen molar-refractivity contribution in [1.82, 2.24) is 10.2 Å². The summed E-state index contributed by atoms with van der Waals surface area (Å²) >= 11 is 5.73. The minimum atomic E-state index is -0.509. The molecule has 106 valence electrons. The van der Waals surface area contributed by atoms with Crippen LogP contribution < -0.4 is 5.32 Å². The van der Waals surface area contributed by atoms with Crippen LogP contribution >= 0.6 is 11.6 Å². The number of rotatable bonds is 5. The average molecular weight is 287 g/mol. The third-order valence-electron chi connectivity index (χ3n) is 3.03. The first-order valence-corrected chi connectivity index (χ1v) is 6.59. The van der Waals surface area contributed by atoms with Gasteiger partial charge in [-0.15, -0.1) is 0 Å². The van der Waals surface area contributed by atoms with Crippen molar-refractivity contribution in [2.75, 3.05) is 20.6 Å². The van der Waals surface area contributed by atoms with E-state index < -0.39 is 5.82 Å². The van der Waals surface area contributed by atoms with E-state index in [2.05, 4.69) is 24.1 Å². The molecule has 1 rings (SSSR count). The van der Waals surface area contributed by atoms with E-state index in [4.69, 9.17) is 11.6 Å². The molecule has 1 N–H and O–H groups in total. The molecule has 5 heteroatoms. The Labute approximate surface area is 118 Å². The molecule has 0 unspecified atom stereocenters. The first-order chi connectivity index (χ1) is 8.81. The van der Waals surface area contributed by atoms with Crippen LogP contribution in [-0.2, 0) is 0 Å². The third-order valence-corrected chi connectivity index (χ3v) is 3.25. The van der Waals surface area contributed by atoms with E-state index in [1.165, 1.54) is 18.2 Å². The van der Waals surface area contributed by atoms with E-state index in [0.29, 0.717) is 12.5 Å². The molecule has 0 aromatic heterocycles. The quantitative estimate of drug-likeness (QED) is 0.903. The second-order valence-electron chi connectivity index (χ2n) is 5.14. The van der Waals surface area contributed by atoms with Crippen LogP contribution in [0, 0.1) is 11.7 Å². The minimum Gasteiger partial charge on any atom is -0.350 e. The van der Waals surface area contributed by atoms with Crippen molar-refractivity contribution in [2.45, 2.75) is 19.9 Å². The van der Waals surface area contributed by atoms with E-state index in [1.807, 2.05) is 14.1 Å². The molecule has 1 atom stereocenters. The van der Waals surface area contributed by atoms with Gasteiger partial charge in [-0.2, -0.15) is 0 Å². The Bertz CT molecular complexity index is 421. The van der Waals surface area contributed by atoms with E-state index in [9.17, 15) is 9.18 Å². The summed E-state index contributed by atoms with van der Waals surface area (Å²) in [7, 11) is 3.94. The smallest absolute Gasteiger partial charge is 0.251 e. The van der Waals surface area contributed by atoms with Gasteiger partial charge in [0.25, 0.3) is 5.91 Å². The topological polar surface area (TPSA) is 32.3 Å². The standard InChI is InChI=1S/C14H20ClFN2O/c1-9(2)13(18(3)4)8-17-14(19)10-5-11(15)7-12(16)6-10/h5-7,9,13H,8H2,1-4H3,(H,17,19)/t13-/m1/s1. The molecule has 1 amide bonds. The van der Waals surface area contributed by atoms with Crippen molar-refractivity contribution < 1.29 is 9.18 Å². The van der Waals surface area contributed by atoms with Gasteiger partial charge in [0.1, 0.15) is 5.82 Å². The van der Waals surface area contributed by atoms with Crippen LogP contribution in [0.15, 0.2) is 18.2 Å². The molecule has 0 heterocycles. The van der Waals surface area contributed by atoms with Gasteiger partial charge < -0.3 is 10.2 Å². The summed E-state index contributed by atoms with van der Waals surface area (Å²) in [6.45, 7) is 4.70. The number of nitrogens with zero attached hydrogens (tertiary/aromatic N) is 1. The lowest BCUT2D eigenvalue weighted by Crippen LogP contribution is -2.43. The number of hydrogen-bond acceptors (Lipinski definition) is 2. The van der Waals surface area contributed by atoms with Crippen molar-refractivity contribution in [3.05, 3.63) is 34.6 Å². The Morgan fingerprint density at radius 1 is 1.37 bits per heavy atom. The third kappa shape index (κ3) is 4.80. The second-order valence-corrected chi connectivity index (χ2v) is 5.58. The summed E-state index contributed by atoms with van der Waals surface area (Å²) in [5.74, 6) is -0.411. The molecular weight excluding hydrogens is 267 g/mol. The summed E-state index contributed by atoms with van der Waals surface area (Å²) in [4.78, 5) is 14.0. The molecule has 0 bridgehead atoms. The number of halogens is 2. The maximum atomic E-state index is 13.2. The first-order valence-electron chi connectivity index (χ1n) is 6.22. The zero-order chi connectivity index (χ0) is 14.6. The van der Waals surface area contributed by atoms with Crippen LogP contribution in [0.5, 0.6) is 0 Å². The van der Waals surface area contributed by atoms with Crippen molar-refractivity contribution in [2.24, 2.45) is 5.92 Å². The fraction of sp³-hybridized carbons (Fsp3) is 0.500. The molecule has 0 spiro atoms. The zero-order valence-electron chi connectivity index (χ0n) is 11.7. The van der Waals surface area contributed by atoms with Gasteiger partial charge in [-0.25, -0.2) is 4.39 Å². The molecule has 0 saturated heterocycles. The van der Waals surface area contributed by atoms with E-state index in [0.717, 1.165) is 0 Å². The number of hydrogen-bond donors (Lipinski definition) is 1. The second kappa shape index (κ2) is 6.87. The molecule has 0 aliphatic carbocycles. The number of carbonyl (C=O) groups excluding carboxylic acids is 1. The van der Waals surface area contributed by atoms with Gasteiger partial charge in [-0.05, 0) is 38.2 Å². The van der Waals surface area contributed by atoms with Crippen molar-refractivity contribution in [1.29, 1.82) is 0 Å². The van der Waals surface area contributed by atoms with Gasteiger partial charge in [0.15, 0.2) is 0 Å². The molecular formula is C14H20ClFN2O. The number of benzene rings is 1. The van der Waals surface area contributed by atoms with Crippen LogP contribution in [0.25, 0.3) is 0 Å². The lowest BCUT2D eigenvalue weighted by atomic mass is 10.0. The van der Waals surface area contributed by atoms with Gasteiger partial charge >= 0.3 is 0 Å². The Balaban J connectivity index is 2.69. The zero-order valence-corrected chi connectivity index (χ0v) is 12.5. The fourth-order valence-electron chi connectivity index (χ4n) is 2.00. The van der Waals surface area contributed by atoms with Crippen molar-refractivity contribution in [3.8, 4) is 0 Å². The molecule has 0 aliphatic rings. The van der Waals surface area contributed by atoms with E-state index in [-0.39, 0.29) is 22.5 Å². The van der Waals surface area contributed by atoms with Crippen molar-refractivity contribution in [3.63, 3.8) is 0 Å². The Morgan fingerprint density at radius 3 is 2.47 bits per heavy atom. The fourth-order valence-corrected chi connectivity index (χ4v) is 2.22. The van der Waals surface area contributed by atoms with Crippen LogP contribution in [0.4, 0.5) is 4.39 Å². The monoisotopic (exact) mass is 286 g/mol. The van der Waals surface area contributed by atoms with E-state index >= 15 is 0 Å². The molecule has 1 aromatic rings. The van der Waals surface area contributed by atoms with E-state index in [1.54, 1.807) is 0 Å². The highest BCUT2D eigenvalue weighted by Gasteiger charge is 2.17. The highest BCUT2D eigenvalue weighted by Crippen LogP contribution is 2.14. The van der Waals surface area contributed by atoms with Crippen LogP contribution in [0.2, 0.25) is 5.02 Å². The number of likely N-dealkylation sites (N-methyl/N-ethyl adjacent to an activating group) is 1. The van der Waals surface area contributed by atoms with Crippen LogP contribution in [0.1, 0.15) is 24.2 Å². The summed E-state index contributed by atoms with van der Waals surface area (Å²) in [6.07, 6.45) is 0. The highest BCUT2D eigenvalue weighted by atomic mass is 35.5. The van der Waals surface area contributed by atoms with Gasteiger partial charge in [0.05, 0.1) is 0 Å². The Kier molecular flexibility index (Phi) is 5.76. The molecule has 0 radical (unpaired) electrons. The maximum absolute atomic E-state index is 13.2. The highest BCUT2D eigenvalue weighted by molar-refractivity contribution is 6.31. The Hall–Kier alpha value is -1.13. The molecule has 3 nitrogen and oxygen atoms in total.